The zero-order valence-corrected chi connectivity index (χ0v) is 13.8. The monoisotopic (exact) mass is 332 g/mol. The van der Waals surface area contributed by atoms with Crippen molar-refractivity contribution < 1.29 is 0 Å². The van der Waals surface area contributed by atoms with Crippen molar-refractivity contribution in [1.82, 2.24) is 15.3 Å². The first kappa shape index (κ1) is 15.1. The molecule has 0 aliphatic heterocycles. The molecule has 114 valence electrons. The molecule has 1 aromatic carbocycles. The number of aryl methyl sites for hydroxylation is 1. The van der Waals surface area contributed by atoms with Gasteiger partial charge in [-0.2, -0.15) is 0 Å². The summed E-state index contributed by atoms with van der Waals surface area (Å²) >= 11 is 11.3. The van der Waals surface area contributed by atoms with Gasteiger partial charge in [0.05, 0.1) is 12.2 Å². The lowest BCUT2D eigenvalue weighted by atomic mass is 10.1. The van der Waals surface area contributed by atoms with Gasteiger partial charge in [-0.15, -0.1) is 0 Å². The second-order valence-electron chi connectivity index (χ2n) is 5.18. The van der Waals surface area contributed by atoms with Crippen LogP contribution in [0.15, 0.2) is 30.3 Å². The fraction of sp³-hybridized carbons (Fsp3) is 0.250. The minimum Gasteiger partial charge on any atom is -0.355 e. The van der Waals surface area contributed by atoms with Gasteiger partial charge in [-0.3, -0.25) is 0 Å². The molecule has 4 nitrogen and oxygen atoms in total. The maximum Gasteiger partial charge on any atom is 0.173 e. The van der Waals surface area contributed by atoms with E-state index in [9.17, 15) is 0 Å². The average Bonchev–Trinajstić information content (AvgIpc) is 2.95. The van der Waals surface area contributed by atoms with Crippen molar-refractivity contribution in [1.29, 1.82) is 0 Å². The topological polar surface area (TPSA) is 44.0 Å². The van der Waals surface area contributed by atoms with Gasteiger partial charge in [0.2, 0.25) is 0 Å². The summed E-state index contributed by atoms with van der Waals surface area (Å²) in [6.07, 6.45) is 6.31. The minimum atomic E-state index is 0.581. The summed E-state index contributed by atoms with van der Waals surface area (Å²) < 4.78 is 0. The van der Waals surface area contributed by atoms with E-state index in [1.807, 2.05) is 36.2 Å². The van der Waals surface area contributed by atoms with E-state index in [2.05, 4.69) is 27.4 Å². The Bertz CT molecular complexity index is 705. The van der Waals surface area contributed by atoms with Crippen molar-refractivity contribution >= 4 is 40.7 Å². The molecular weight excluding hydrogens is 316 g/mol. The van der Waals surface area contributed by atoms with E-state index in [4.69, 9.17) is 23.8 Å². The number of nitrogens with one attached hydrogen (secondary N) is 2. The third-order valence-electron chi connectivity index (χ3n) is 3.62. The van der Waals surface area contributed by atoms with E-state index in [0.29, 0.717) is 16.7 Å². The number of aromatic amines is 1. The molecule has 0 unspecified atom stereocenters. The molecule has 1 aromatic heterocycles. The Morgan fingerprint density at radius 1 is 1.41 bits per heavy atom. The molecule has 0 bridgehead atoms. The van der Waals surface area contributed by atoms with E-state index in [1.54, 1.807) is 0 Å². The van der Waals surface area contributed by atoms with Crippen LogP contribution in [0.5, 0.6) is 0 Å². The number of hydrogen-bond donors (Lipinski definition) is 2. The third kappa shape index (κ3) is 3.31. The highest BCUT2D eigenvalue weighted by molar-refractivity contribution is 7.80. The first-order valence-corrected chi connectivity index (χ1v) is 7.93. The van der Waals surface area contributed by atoms with Crippen LogP contribution in [0.25, 0.3) is 6.08 Å². The predicted molar refractivity (Wildman–Crippen MR) is 95.2 cm³/mol. The van der Waals surface area contributed by atoms with Crippen LogP contribution in [0.3, 0.4) is 0 Å². The predicted octanol–water partition coefficient (Wildman–Crippen LogP) is 3.53. The highest BCUT2D eigenvalue weighted by Crippen LogP contribution is 2.18. The lowest BCUT2D eigenvalue weighted by Crippen LogP contribution is -2.36. The van der Waals surface area contributed by atoms with Crippen LogP contribution in [0.1, 0.15) is 23.6 Å². The normalized spacial score (nSPS) is 12.8. The van der Waals surface area contributed by atoms with E-state index >= 15 is 0 Å². The Labute approximate surface area is 140 Å². The van der Waals surface area contributed by atoms with E-state index in [1.165, 1.54) is 5.69 Å². The Hall–Kier alpha value is -1.85. The lowest BCUT2D eigenvalue weighted by molar-refractivity contribution is 0.834. The molecule has 2 aromatic rings. The van der Waals surface area contributed by atoms with Crippen molar-refractivity contribution in [3.05, 3.63) is 52.6 Å². The van der Waals surface area contributed by atoms with Crippen LogP contribution < -0.4 is 10.2 Å². The molecular formula is C16H17ClN4S. The van der Waals surface area contributed by atoms with E-state index in [0.717, 1.165) is 30.0 Å². The van der Waals surface area contributed by atoms with Crippen LogP contribution in [-0.4, -0.2) is 22.1 Å². The first-order valence-electron chi connectivity index (χ1n) is 7.15. The average molecular weight is 333 g/mol. The molecule has 0 fully saturated rings. The number of halogens is 1. The van der Waals surface area contributed by atoms with Crippen LogP contribution in [0.2, 0.25) is 5.02 Å². The number of nitrogens with zero attached hydrogens (tertiary/aromatic N) is 2. The summed E-state index contributed by atoms with van der Waals surface area (Å²) in [4.78, 5) is 9.83. The number of anilines is 1. The number of thiocarbonyl (C=S) groups is 1. The summed E-state index contributed by atoms with van der Waals surface area (Å²) in [5.41, 5.74) is 3.24. The van der Waals surface area contributed by atoms with Gasteiger partial charge >= 0.3 is 0 Å². The number of allylic oxidation sites excluding steroid dienone is 1. The number of fused-ring (bicyclic) bond motifs is 1. The van der Waals surface area contributed by atoms with E-state index < -0.39 is 0 Å². The second-order valence-corrected chi connectivity index (χ2v) is 6.01. The molecule has 6 heteroatoms. The van der Waals surface area contributed by atoms with Crippen molar-refractivity contribution in [3.63, 3.8) is 0 Å². The molecule has 2 N–H and O–H groups in total. The number of benzene rings is 1. The Balaban J connectivity index is 1.61. The smallest absolute Gasteiger partial charge is 0.173 e. The molecule has 0 amide bonds. The Kier molecular flexibility index (Phi) is 4.45. The third-order valence-corrected chi connectivity index (χ3v) is 4.29. The number of imidazole rings is 1. The van der Waals surface area contributed by atoms with Crippen molar-refractivity contribution in [2.45, 2.75) is 19.4 Å². The first-order chi connectivity index (χ1) is 10.6. The lowest BCUT2D eigenvalue weighted by Gasteiger charge is -2.20. The van der Waals surface area contributed by atoms with Crippen molar-refractivity contribution in [2.24, 2.45) is 0 Å². The number of hydrogen-bond acceptors (Lipinski definition) is 2. The zero-order chi connectivity index (χ0) is 15.5. The second kappa shape index (κ2) is 6.50. The molecule has 1 aliphatic rings. The molecule has 0 atom stereocenters. The van der Waals surface area contributed by atoms with Gasteiger partial charge in [0.25, 0.3) is 0 Å². The van der Waals surface area contributed by atoms with Crippen LogP contribution in [-0.2, 0) is 13.0 Å². The Morgan fingerprint density at radius 2 is 2.18 bits per heavy atom. The van der Waals surface area contributed by atoms with Gasteiger partial charge in [-0.25, -0.2) is 4.98 Å². The van der Waals surface area contributed by atoms with Crippen LogP contribution in [0, 0.1) is 0 Å². The molecule has 0 spiro atoms. The zero-order valence-electron chi connectivity index (χ0n) is 12.3. The fourth-order valence-corrected chi connectivity index (χ4v) is 2.68. The summed E-state index contributed by atoms with van der Waals surface area (Å²) in [6.45, 7) is 0.581. The number of aromatic nitrogens is 2. The molecule has 0 saturated heterocycles. The molecule has 3 rings (SSSR count). The number of H-pyrrole nitrogens is 1. The molecule has 0 saturated carbocycles. The molecule has 22 heavy (non-hydrogen) atoms. The standard InChI is InChI=1S/C16H17ClN4S/c1-21(12-8-6-11(17)7-9-12)16(22)18-10-15-19-13-4-2-3-5-14(13)20-15/h2,4,6-9H,3,5,10H2,1H3,(H,18,22)(H,19,20). The Morgan fingerprint density at radius 3 is 2.91 bits per heavy atom. The highest BCUT2D eigenvalue weighted by atomic mass is 35.5. The van der Waals surface area contributed by atoms with E-state index in [-0.39, 0.29) is 0 Å². The summed E-state index contributed by atoms with van der Waals surface area (Å²) in [5, 5.41) is 4.59. The van der Waals surface area contributed by atoms with Crippen molar-refractivity contribution in [3.8, 4) is 0 Å². The maximum absolute atomic E-state index is 5.90. The molecule has 1 aliphatic carbocycles. The maximum atomic E-state index is 5.90. The van der Waals surface area contributed by atoms with Crippen LogP contribution in [0.4, 0.5) is 5.69 Å². The minimum absolute atomic E-state index is 0.581. The SMILES string of the molecule is CN(C(=S)NCc1nc2c([nH]1)CCC=C2)c1ccc(Cl)cc1. The van der Waals surface area contributed by atoms with Gasteiger partial charge < -0.3 is 15.2 Å². The largest absolute Gasteiger partial charge is 0.355 e. The van der Waals surface area contributed by atoms with Gasteiger partial charge in [-0.05, 0) is 55.4 Å². The summed E-state index contributed by atoms with van der Waals surface area (Å²) in [7, 11) is 1.93. The molecule has 0 radical (unpaired) electrons. The van der Waals surface area contributed by atoms with Crippen LogP contribution >= 0.6 is 23.8 Å². The van der Waals surface area contributed by atoms with Crippen molar-refractivity contribution in [2.75, 3.05) is 11.9 Å². The summed E-state index contributed by atoms with van der Waals surface area (Å²) in [6, 6.07) is 7.57. The quantitative estimate of drug-likeness (QED) is 0.844. The highest BCUT2D eigenvalue weighted by Gasteiger charge is 2.12. The van der Waals surface area contributed by atoms with Gasteiger partial charge in [0.1, 0.15) is 5.82 Å². The molecule has 1 heterocycles. The van der Waals surface area contributed by atoms with Gasteiger partial charge in [0, 0.05) is 23.5 Å². The summed E-state index contributed by atoms with van der Waals surface area (Å²) in [5.74, 6) is 0.906. The fourth-order valence-electron chi connectivity index (χ4n) is 2.37. The number of rotatable bonds is 3. The van der Waals surface area contributed by atoms with Gasteiger partial charge in [0.15, 0.2) is 5.11 Å². The van der Waals surface area contributed by atoms with Gasteiger partial charge in [-0.1, -0.05) is 17.7 Å².